The maximum atomic E-state index is 13.3. The topological polar surface area (TPSA) is 29.1 Å². The molecular weight excluding hydrogens is 200 g/mol. The number of hydrogen-bond donors (Lipinski definition) is 1. The molecular formula is C11H11F2NO. The fourth-order valence-corrected chi connectivity index (χ4v) is 1.79. The minimum absolute atomic E-state index is 0.00917. The summed E-state index contributed by atoms with van der Waals surface area (Å²) in [5.41, 5.74) is -0.00917. The van der Waals surface area contributed by atoms with Crippen molar-refractivity contribution in [1.29, 1.82) is 0 Å². The summed E-state index contributed by atoms with van der Waals surface area (Å²) >= 11 is 0. The van der Waals surface area contributed by atoms with Crippen LogP contribution in [0.2, 0.25) is 0 Å². The molecule has 4 heteroatoms. The van der Waals surface area contributed by atoms with Crippen molar-refractivity contribution in [2.24, 2.45) is 5.92 Å². The number of ketones is 1. The summed E-state index contributed by atoms with van der Waals surface area (Å²) in [5.74, 6) is -1.84. The maximum Gasteiger partial charge on any atom is 0.170 e. The molecule has 0 saturated carbocycles. The Labute approximate surface area is 86.3 Å². The number of hydrogen-bond acceptors (Lipinski definition) is 2. The molecule has 2 rings (SSSR count). The number of carbonyl (C=O) groups excluding carboxylic acids is 1. The first-order valence-corrected chi connectivity index (χ1v) is 4.88. The zero-order valence-corrected chi connectivity index (χ0v) is 8.09. The maximum absolute atomic E-state index is 13.3. The monoisotopic (exact) mass is 211 g/mol. The van der Waals surface area contributed by atoms with E-state index in [1.54, 1.807) is 0 Å². The molecule has 0 bridgehead atoms. The summed E-state index contributed by atoms with van der Waals surface area (Å²) < 4.78 is 25.9. The Morgan fingerprint density at radius 2 is 2.20 bits per heavy atom. The average Bonchev–Trinajstić information content (AvgIpc) is 2.69. The highest BCUT2D eigenvalue weighted by Crippen LogP contribution is 2.18. The molecule has 1 aromatic carbocycles. The van der Waals surface area contributed by atoms with Gasteiger partial charge in [0.25, 0.3) is 0 Å². The van der Waals surface area contributed by atoms with Crippen molar-refractivity contribution >= 4 is 5.78 Å². The van der Waals surface area contributed by atoms with Gasteiger partial charge < -0.3 is 5.32 Å². The molecule has 1 unspecified atom stereocenters. The number of nitrogens with one attached hydrogen (secondary N) is 1. The van der Waals surface area contributed by atoms with Gasteiger partial charge in [-0.1, -0.05) is 0 Å². The largest absolute Gasteiger partial charge is 0.316 e. The lowest BCUT2D eigenvalue weighted by molar-refractivity contribution is 0.0926. The van der Waals surface area contributed by atoms with Crippen LogP contribution in [-0.2, 0) is 0 Å². The molecule has 0 amide bonds. The van der Waals surface area contributed by atoms with Gasteiger partial charge in [-0.05, 0) is 25.1 Å². The fourth-order valence-electron chi connectivity index (χ4n) is 1.79. The van der Waals surface area contributed by atoms with Gasteiger partial charge in [0.05, 0.1) is 5.56 Å². The van der Waals surface area contributed by atoms with Gasteiger partial charge in [-0.3, -0.25) is 4.79 Å². The molecule has 15 heavy (non-hydrogen) atoms. The van der Waals surface area contributed by atoms with E-state index in [1.807, 2.05) is 0 Å². The standard InChI is InChI=1S/C11H11F2NO/c12-8-1-2-9(10(13)5-8)11(15)7-3-4-14-6-7/h1-2,5,7,14H,3-4,6H2. The molecule has 1 N–H and O–H groups in total. The predicted molar refractivity (Wildman–Crippen MR) is 51.7 cm³/mol. The van der Waals surface area contributed by atoms with Crippen molar-refractivity contribution < 1.29 is 13.6 Å². The lowest BCUT2D eigenvalue weighted by Gasteiger charge is -2.07. The van der Waals surface area contributed by atoms with Gasteiger partial charge in [0.1, 0.15) is 11.6 Å². The summed E-state index contributed by atoms with van der Waals surface area (Å²) in [6, 6.07) is 3.07. The van der Waals surface area contributed by atoms with Crippen molar-refractivity contribution in [1.82, 2.24) is 5.32 Å². The van der Waals surface area contributed by atoms with Crippen LogP contribution < -0.4 is 5.32 Å². The van der Waals surface area contributed by atoms with Gasteiger partial charge in [-0.15, -0.1) is 0 Å². The van der Waals surface area contributed by atoms with E-state index in [1.165, 1.54) is 6.07 Å². The van der Waals surface area contributed by atoms with E-state index >= 15 is 0 Å². The Balaban J connectivity index is 2.24. The number of rotatable bonds is 2. The number of carbonyl (C=O) groups is 1. The molecule has 1 atom stereocenters. The molecule has 0 radical (unpaired) electrons. The quantitative estimate of drug-likeness (QED) is 0.755. The van der Waals surface area contributed by atoms with E-state index in [9.17, 15) is 13.6 Å². The van der Waals surface area contributed by atoms with E-state index in [0.717, 1.165) is 25.1 Å². The van der Waals surface area contributed by atoms with Crippen LogP contribution in [0, 0.1) is 17.6 Å². The van der Waals surface area contributed by atoms with Gasteiger partial charge in [0.2, 0.25) is 0 Å². The van der Waals surface area contributed by atoms with E-state index in [-0.39, 0.29) is 17.3 Å². The Kier molecular flexibility index (Phi) is 2.77. The minimum atomic E-state index is -0.771. The summed E-state index contributed by atoms with van der Waals surface area (Å²) in [7, 11) is 0. The van der Waals surface area contributed by atoms with Crippen LogP contribution in [0.3, 0.4) is 0 Å². The van der Waals surface area contributed by atoms with Crippen LogP contribution in [0.25, 0.3) is 0 Å². The molecule has 1 aliphatic rings. The summed E-state index contributed by atoms with van der Waals surface area (Å²) in [4.78, 5) is 11.8. The third kappa shape index (κ3) is 2.04. The van der Waals surface area contributed by atoms with E-state index in [2.05, 4.69) is 5.32 Å². The highest BCUT2D eigenvalue weighted by molar-refractivity contribution is 5.98. The van der Waals surface area contributed by atoms with Gasteiger partial charge in [0.15, 0.2) is 5.78 Å². The Hall–Kier alpha value is -1.29. The smallest absolute Gasteiger partial charge is 0.170 e. The fraction of sp³-hybridized carbons (Fsp3) is 0.364. The molecule has 2 nitrogen and oxygen atoms in total. The van der Waals surface area contributed by atoms with E-state index in [0.29, 0.717) is 6.54 Å². The molecule has 80 valence electrons. The zero-order valence-electron chi connectivity index (χ0n) is 8.09. The van der Waals surface area contributed by atoms with Gasteiger partial charge in [0, 0.05) is 18.5 Å². The number of halogens is 2. The normalized spacial score (nSPS) is 20.5. The second kappa shape index (κ2) is 4.06. The highest BCUT2D eigenvalue weighted by Gasteiger charge is 2.25. The van der Waals surface area contributed by atoms with Crippen LogP contribution in [0.5, 0.6) is 0 Å². The van der Waals surface area contributed by atoms with Gasteiger partial charge in [-0.2, -0.15) is 0 Å². The SMILES string of the molecule is O=C(c1ccc(F)cc1F)C1CCNC1. The molecule has 0 aromatic heterocycles. The molecule has 1 saturated heterocycles. The second-order valence-corrected chi connectivity index (χ2v) is 3.68. The summed E-state index contributed by atoms with van der Waals surface area (Å²) in [5, 5.41) is 3.04. The van der Waals surface area contributed by atoms with Crippen molar-refractivity contribution in [2.75, 3.05) is 13.1 Å². The van der Waals surface area contributed by atoms with Gasteiger partial charge >= 0.3 is 0 Å². The van der Waals surface area contributed by atoms with Crippen LogP contribution in [0.15, 0.2) is 18.2 Å². The minimum Gasteiger partial charge on any atom is -0.316 e. The van der Waals surface area contributed by atoms with E-state index < -0.39 is 11.6 Å². The summed E-state index contributed by atoms with van der Waals surface area (Å²) in [6.45, 7) is 1.36. The van der Waals surface area contributed by atoms with Crippen molar-refractivity contribution in [3.8, 4) is 0 Å². The summed E-state index contributed by atoms with van der Waals surface area (Å²) in [6.07, 6.45) is 0.718. The average molecular weight is 211 g/mol. The Bertz CT molecular complexity index is 386. The van der Waals surface area contributed by atoms with E-state index in [4.69, 9.17) is 0 Å². The lowest BCUT2D eigenvalue weighted by atomic mass is 9.96. The Morgan fingerprint density at radius 1 is 1.40 bits per heavy atom. The van der Waals surface area contributed by atoms with Crippen LogP contribution in [0.1, 0.15) is 16.8 Å². The number of Topliss-reactive ketones (excluding diaryl/α,β-unsaturated/α-hetero) is 1. The molecule has 1 aliphatic heterocycles. The second-order valence-electron chi connectivity index (χ2n) is 3.68. The Morgan fingerprint density at radius 3 is 2.80 bits per heavy atom. The van der Waals surface area contributed by atoms with Crippen LogP contribution >= 0.6 is 0 Å². The van der Waals surface area contributed by atoms with Gasteiger partial charge in [-0.25, -0.2) is 8.78 Å². The molecule has 1 heterocycles. The first-order valence-electron chi connectivity index (χ1n) is 4.88. The molecule has 0 aliphatic carbocycles. The molecule has 1 aromatic rings. The third-order valence-corrected chi connectivity index (χ3v) is 2.63. The molecule has 0 spiro atoms. The lowest BCUT2D eigenvalue weighted by Crippen LogP contribution is -2.19. The highest BCUT2D eigenvalue weighted by atomic mass is 19.1. The zero-order chi connectivity index (χ0) is 10.8. The van der Waals surface area contributed by atoms with Crippen molar-refractivity contribution in [2.45, 2.75) is 6.42 Å². The van der Waals surface area contributed by atoms with Crippen molar-refractivity contribution in [3.05, 3.63) is 35.4 Å². The van der Waals surface area contributed by atoms with Crippen LogP contribution in [-0.4, -0.2) is 18.9 Å². The third-order valence-electron chi connectivity index (χ3n) is 2.63. The number of benzene rings is 1. The van der Waals surface area contributed by atoms with Crippen molar-refractivity contribution in [3.63, 3.8) is 0 Å². The first-order chi connectivity index (χ1) is 7.18. The first kappa shape index (κ1) is 10.2. The predicted octanol–water partition coefficient (Wildman–Crippen LogP) is 1.76. The molecule has 1 fully saturated rings. The van der Waals surface area contributed by atoms with Crippen LogP contribution in [0.4, 0.5) is 8.78 Å².